The van der Waals surface area contributed by atoms with Crippen molar-refractivity contribution in [1.82, 2.24) is 10.6 Å². The van der Waals surface area contributed by atoms with Crippen LogP contribution in [-0.2, 0) is 4.74 Å². The summed E-state index contributed by atoms with van der Waals surface area (Å²) in [7, 11) is 1.80. The minimum absolute atomic E-state index is 0. The van der Waals surface area contributed by atoms with Crippen molar-refractivity contribution in [1.29, 1.82) is 0 Å². The van der Waals surface area contributed by atoms with Gasteiger partial charge in [-0.1, -0.05) is 13.8 Å². The van der Waals surface area contributed by atoms with Gasteiger partial charge in [-0.15, -0.1) is 24.0 Å². The van der Waals surface area contributed by atoms with Crippen LogP contribution >= 0.6 is 24.0 Å². The van der Waals surface area contributed by atoms with Gasteiger partial charge in [-0.25, -0.2) is 0 Å². The molecule has 0 atom stereocenters. The van der Waals surface area contributed by atoms with Crippen LogP contribution < -0.4 is 10.6 Å². The van der Waals surface area contributed by atoms with Crippen LogP contribution in [0, 0.1) is 5.92 Å². The van der Waals surface area contributed by atoms with E-state index >= 15 is 0 Å². The Labute approximate surface area is 122 Å². The molecule has 2 N–H and O–H groups in total. The quantitative estimate of drug-likeness (QED) is 0.318. The van der Waals surface area contributed by atoms with Crippen molar-refractivity contribution in [2.45, 2.75) is 39.2 Å². The van der Waals surface area contributed by atoms with Crippen molar-refractivity contribution in [3.05, 3.63) is 0 Å². The van der Waals surface area contributed by atoms with E-state index in [2.05, 4.69) is 29.5 Å². The van der Waals surface area contributed by atoms with Crippen molar-refractivity contribution in [3.63, 3.8) is 0 Å². The lowest BCUT2D eigenvalue weighted by Gasteiger charge is -2.11. The van der Waals surface area contributed by atoms with Crippen LogP contribution in [0.3, 0.4) is 0 Å². The predicted molar refractivity (Wildman–Crippen MR) is 83.2 cm³/mol. The van der Waals surface area contributed by atoms with Gasteiger partial charge in [0.1, 0.15) is 0 Å². The molecule has 4 nitrogen and oxygen atoms in total. The molecule has 0 radical (unpaired) electrons. The zero-order valence-corrected chi connectivity index (χ0v) is 13.5. The Bertz CT molecular complexity index is 218. The number of rotatable bonds is 7. The van der Waals surface area contributed by atoms with E-state index in [-0.39, 0.29) is 24.0 Å². The second-order valence-electron chi connectivity index (χ2n) is 4.71. The fourth-order valence-corrected chi connectivity index (χ4v) is 1.28. The number of hydrogen-bond acceptors (Lipinski definition) is 2. The number of nitrogens with zero attached hydrogens (tertiary/aromatic N) is 1. The summed E-state index contributed by atoms with van der Waals surface area (Å²) in [5, 5.41) is 6.58. The molecular formula is C12H26IN3O. The number of ether oxygens (including phenoxy) is 1. The molecule has 1 aliphatic rings. The van der Waals surface area contributed by atoms with Gasteiger partial charge < -0.3 is 15.4 Å². The third kappa shape index (κ3) is 9.64. The molecule has 1 fully saturated rings. The maximum Gasteiger partial charge on any atom is 0.191 e. The molecule has 0 amide bonds. The molecule has 1 saturated carbocycles. The molecule has 1 aliphatic carbocycles. The van der Waals surface area contributed by atoms with E-state index in [4.69, 9.17) is 4.74 Å². The molecule has 5 heteroatoms. The summed E-state index contributed by atoms with van der Waals surface area (Å²) in [5.41, 5.74) is 0. The summed E-state index contributed by atoms with van der Waals surface area (Å²) in [6.45, 7) is 6.85. The first-order valence-electron chi connectivity index (χ1n) is 6.27. The van der Waals surface area contributed by atoms with Crippen LogP contribution in [0.15, 0.2) is 4.99 Å². The molecule has 0 aromatic carbocycles. The molecule has 1 rings (SSSR count). The van der Waals surface area contributed by atoms with Crippen LogP contribution in [-0.4, -0.2) is 38.8 Å². The van der Waals surface area contributed by atoms with Crippen LogP contribution in [0.1, 0.15) is 33.1 Å². The van der Waals surface area contributed by atoms with Crippen molar-refractivity contribution in [3.8, 4) is 0 Å². The largest absolute Gasteiger partial charge is 0.380 e. The van der Waals surface area contributed by atoms with Gasteiger partial charge in [0.25, 0.3) is 0 Å². The fraction of sp³-hybridized carbons (Fsp3) is 0.917. The van der Waals surface area contributed by atoms with E-state index in [1.54, 1.807) is 7.05 Å². The maximum absolute atomic E-state index is 5.51. The Hall–Kier alpha value is -0.0400. The topological polar surface area (TPSA) is 45.7 Å². The average Bonchev–Trinajstić information content (AvgIpc) is 3.04. The van der Waals surface area contributed by atoms with Crippen molar-refractivity contribution < 1.29 is 4.74 Å². The summed E-state index contributed by atoms with van der Waals surface area (Å²) >= 11 is 0. The zero-order chi connectivity index (χ0) is 11.8. The highest BCUT2D eigenvalue weighted by atomic mass is 127. The highest BCUT2D eigenvalue weighted by Crippen LogP contribution is 2.18. The monoisotopic (exact) mass is 355 g/mol. The molecule has 0 unspecified atom stereocenters. The lowest BCUT2D eigenvalue weighted by Crippen LogP contribution is -2.40. The smallest absolute Gasteiger partial charge is 0.191 e. The minimum Gasteiger partial charge on any atom is -0.380 e. The molecule has 0 aliphatic heterocycles. The van der Waals surface area contributed by atoms with Crippen molar-refractivity contribution in [2.75, 3.05) is 26.8 Å². The maximum atomic E-state index is 5.51. The third-order valence-corrected chi connectivity index (χ3v) is 2.52. The molecular weight excluding hydrogens is 329 g/mol. The van der Waals surface area contributed by atoms with Crippen LogP contribution in [0.25, 0.3) is 0 Å². The minimum atomic E-state index is 0. The van der Waals surface area contributed by atoms with Gasteiger partial charge in [0.05, 0.1) is 6.61 Å². The average molecular weight is 355 g/mol. The number of halogens is 1. The van der Waals surface area contributed by atoms with Gasteiger partial charge in [-0.05, 0) is 25.2 Å². The first kappa shape index (κ1) is 17.0. The van der Waals surface area contributed by atoms with E-state index in [0.717, 1.165) is 38.1 Å². The van der Waals surface area contributed by atoms with Crippen LogP contribution in [0.2, 0.25) is 0 Å². The summed E-state index contributed by atoms with van der Waals surface area (Å²) < 4.78 is 5.51. The number of aliphatic imine (C=N–C) groups is 1. The lowest BCUT2D eigenvalue weighted by atomic mass is 10.1. The Morgan fingerprint density at radius 3 is 2.59 bits per heavy atom. The first-order valence-corrected chi connectivity index (χ1v) is 6.27. The van der Waals surface area contributed by atoms with Gasteiger partial charge in [0.15, 0.2) is 5.96 Å². The van der Waals surface area contributed by atoms with Gasteiger partial charge >= 0.3 is 0 Å². The standard InChI is InChI=1S/C12H25N3O.HI/c1-10(2)6-8-16-9-7-14-12(13-3)15-11-4-5-11;/h10-11H,4-9H2,1-3H3,(H2,13,14,15);1H. The number of hydrogen-bond donors (Lipinski definition) is 2. The summed E-state index contributed by atoms with van der Waals surface area (Å²) in [6, 6.07) is 0.646. The van der Waals surface area contributed by atoms with E-state index in [9.17, 15) is 0 Å². The van der Waals surface area contributed by atoms with Crippen molar-refractivity contribution in [2.24, 2.45) is 10.9 Å². The Balaban J connectivity index is 0.00000256. The summed E-state index contributed by atoms with van der Waals surface area (Å²) in [6.07, 6.45) is 3.67. The third-order valence-electron chi connectivity index (χ3n) is 2.52. The Morgan fingerprint density at radius 1 is 1.35 bits per heavy atom. The van der Waals surface area contributed by atoms with Crippen LogP contribution in [0.4, 0.5) is 0 Å². The molecule has 0 aromatic heterocycles. The number of nitrogens with one attached hydrogen (secondary N) is 2. The molecule has 0 bridgehead atoms. The predicted octanol–water partition coefficient (Wildman–Crippen LogP) is 1.99. The van der Waals surface area contributed by atoms with E-state index in [0.29, 0.717) is 6.04 Å². The SMILES string of the molecule is CN=C(NCCOCCC(C)C)NC1CC1.I. The van der Waals surface area contributed by atoms with Crippen LogP contribution in [0.5, 0.6) is 0 Å². The Kier molecular flexibility index (Phi) is 9.91. The molecule has 17 heavy (non-hydrogen) atoms. The van der Waals surface area contributed by atoms with E-state index in [1.165, 1.54) is 12.8 Å². The van der Waals surface area contributed by atoms with Gasteiger partial charge in [0.2, 0.25) is 0 Å². The number of guanidine groups is 1. The molecule has 0 spiro atoms. The highest BCUT2D eigenvalue weighted by Gasteiger charge is 2.21. The normalized spacial score (nSPS) is 15.6. The van der Waals surface area contributed by atoms with Gasteiger partial charge in [-0.2, -0.15) is 0 Å². The second kappa shape index (κ2) is 9.94. The Morgan fingerprint density at radius 2 is 2.06 bits per heavy atom. The van der Waals surface area contributed by atoms with Gasteiger partial charge in [-0.3, -0.25) is 4.99 Å². The summed E-state index contributed by atoms with van der Waals surface area (Å²) in [5.74, 6) is 1.62. The molecule has 102 valence electrons. The molecule has 0 saturated heterocycles. The first-order chi connectivity index (χ1) is 7.72. The van der Waals surface area contributed by atoms with Gasteiger partial charge in [0, 0.05) is 26.2 Å². The highest BCUT2D eigenvalue weighted by molar-refractivity contribution is 14.0. The van der Waals surface area contributed by atoms with E-state index < -0.39 is 0 Å². The summed E-state index contributed by atoms with van der Waals surface area (Å²) in [4.78, 5) is 4.15. The second-order valence-corrected chi connectivity index (χ2v) is 4.71. The zero-order valence-electron chi connectivity index (χ0n) is 11.2. The fourth-order valence-electron chi connectivity index (χ4n) is 1.28. The van der Waals surface area contributed by atoms with Crippen molar-refractivity contribution >= 4 is 29.9 Å². The molecule has 0 heterocycles. The molecule has 0 aromatic rings. The van der Waals surface area contributed by atoms with E-state index in [1.807, 2.05) is 0 Å². The lowest BCUT2D eigenvalue weighted by molar-refractivity contribution is 0.128.